The standard InChI is InChI=1S/C22H20FNO3/c1-26-21-8-3-2-5-17(21)13-22(25)24-19-6-4-7-20(14-19)27-15-16-9-11-18(23)12-10-16/h2-12,14H,13,15H2,1H3,(H,24,25). The molecule has 0 fully saturated rings. The highest BCUT2D eigenvalue weighted by Gasteiger charge is 2.09. The average Bonchev–Trinajstić information content (AvgIpc) is 2.68. The van der Waals surface area contributed by atoms with Crippen LogP contribution in [0, 0.1) is 5.82 Å². The zero-order chi connectivity index (χ0) is 19.1. The third-order valence-electron chi connectivity index (χ3n) is 3.98. The fraction of sp³-hybridized carbons (Fsp3) is 0.136. The van der Waals surface area contributed by atoms with E-state index in [9.17, 15) is 9.18 Å². The summed E-state index contributed by atoms with van der Waals surface area (Å²) in [7, 11) is 1.58. The Morgan fingerprint density at radius 1 is 1.00 bits per heavy atom. The van der Waals surface area contributed by atoms with Crippen molar-refractivity contribution in [3.63, 3.8) is 0 Å². The molecule has 0 heterocycles. The number of methoxy groups -OCH3 is 1. The third kappa shape index (κ3) is 5.31. The molecule has 3 rings (SSSR count). The molecule has 0 saturated heterocycles. The number of para-hydroxylation sites is 1. The Kier molecular flexibility index (Phi) is 6.05. The second-order valence-electron chi connectivity index (χ2n) is 5.98. The zero-order valence-electron chi connectivity index (χ0n) is 14.9. The molecule has 1 N–H and O–H groups in total. The van der Waals surface area contributed by atoms with E-state index in [4.69, 9.17) is 9.47 Å². The summed E-state index contributed by atoms with van der Waals surface area (Å²) in [4.78, 5) is 12.3. The Hall–Kier alpha value is -3.34. The number of nitrogens with one attached hydrogen (secondary N) is 1. The normalized spacial score (nSPS) is 10.3. The molecule has 138 valence electrons. The van der Waals surface area contributed by atoms with Gasteiger partial charge in [0.05, 0.1) is 13.5 Å². The van der Waals surface area contributed by atoms with Gasteiger partial charge in [-0.05, 0) is 35.9 Å². The molecule has 0 radical (unpaired) electrons. The van der Waals surface area contributed by atoms with Crippen LogP contribution in [-0.2, 0) is 17.8 Å². The second kappa shape index (κ2) is 8.85. The summed E-state index contributed by atoms with van der Waals surface area (Å²) in [5, 5.41) is 2.86. The molecule has 0 atom stereocenters. The topological polar surface area (TPSA) is 47.6 Å². The zero-order valence-corrected chi connectivity index (χ0v) is 14.9. The number of benzene rings is 3. The van der Waals surface area contributed by atoms with Crippen molar-refractivity contribution in [3.05, 3.63) is 89.7 Å². The van der Waals surface area contributed by atoms with Gasteiger partial charge in [-0.25, -0.2) is 4.39 Å². The summed E-state index contributed by atoms with van der Waals surface area (Å²) < 4.78 is 23.9. The maximum absolute atomic E-state index is 12.9. The maximum atomic E-state index is 12.9. The molecular weight excluding hydrogens is 345 g/mol. The molecule has 4 nitrogen and oxygen atoms in total. The predicted molar refractivity (Wildman–Crippen MR) is 103 cm³/mol. The van der Waals surface area contributed by atoms with Gasteiger partial charge in [-0.1, -0.05) is 36.4 Å². The van der Waals surface area contributed by atoms with Gasteiger partial charge < -0.3 is 14.8 Å². The van der Waals surface area contributed by atoms with Crippen molar-refractivity contribution in [1.82, 2.24) is 0 Å². The number of carbonyl (C=O) groups is 1. The molecule has 5 heteroatoms. The van der Waals surface area contributed by atoms with Crippen LogP contribution in [-0.4, -0.2) is 13.0 Å². The van der Waals surface area contributed by atoms with E-state index in [1.165, 1.54) is 12.1 Å². The molecule has 0 bridgehead atoms. The van der Waals surface area contributed by atoms with Crippen LogP contribution in [0.2, 0.25) is 0 Å². The highest BCUT2D eigenvalue weighted by Crippen LogP contribution is 2.21. The number of amides is 1. The van der Waals surface area contributed by atoms with E-state index >= 15 is 0 Å². The van der Waals surface area contributed by atoms with Crippen LogP contribution < -0.4 is 14.8 Å². The minimum Gasteiger partial charge on any atom is -0.496 e. The van der Waals surface area contributed by atoms with Crippen molar-refractivity contribution in [2.45, 2.75) is 13.0 Å². The molecule has 1 amide bonds. The number of hydrogen-bond acceptors (Lipinski definition) is 3. The Bertz CT molecular complexity index is 909. The third-order valence-corrected chi connectivity index (χ3v) is 3.98. The lowest BCUT2D eigenvalue weighted by Crippen LogP contribution is -2.15. The number of hydrogen-bond donors (Lipinski definition) is 1. The first kappa shape index (κ1) is 18.5. The summed E-state index contributed by atoms with van der Waals surface area (Å²) in [6, 6.07) is 20.7. The highest BCUT2D eigenvalue weighted by molar-refractivity contribution is 5.92. The number of halogens is 1. The molecule has 0 aromatic heterocycles. The van der Waals surface area contributed by atoms with Gasteiger partial charge in [0.1, 0.15) is 23.9 Å². The first-order valence-electron chi connectivity index (χ1n) is 8.53. The highest BCUT2D eigenvalue weighted by atomic mass is 19.1. The average molecular weight is 365 g/mol. The second-order valence-corrected chi connectivity index (χ2v) is 5.98. The van der Waals surface area contributed by atoms with Gasteiger partial charge in [0.25, 0.3) is 0 Å². The van der Waals surface area contributed by atoms with E-state index in [-0.39, 0.29) is 18.1 Å². The summed E-state index contributed by atoms with van der Waals surface area (Å²) in [6.07, 6.45) is 0.213. The van der Waals surface area contributed by atoms with E-state index in [1.807, 2.05) is 24.3 Å². The van der Waals surface area contributed by atoms with Crippen LogP contribution in [0.3, 0.4) is 0 Å². The monoisotopic (exact) mass is 365 g/mol. The van der Waals surface area contributed by atoms with Crippen molar-refractivity contribution in [1.29, 1.82) is 0 Å². The molecule has 3 aromatic carbocycles. The molecular formula is C22H20FNO3. The van der Waals surface area contributed by atoms with Crippen LogP contribution in [0.1, 0.15) is 11.1 Å². The van der Waals surface area contributed by atoms with Crippen LogP contribution in [0.25, 0.3) is 0 Å². The first-order valence-corrected chi connectivity index (χ1v) is 8.53. The van der Waals surface area contributed by atoms with Gasteiger partial charge in [-0.3, -0.25) is 4.79 Å². The SMILES string of the molecule is COc1ccccc1CC(=O)Nc1cccc(OCc2ccc(F)cc2)c1. The van der Waals surface area contributed by atoms with Crippen molar-refractivity contribution in [2.75, 3.05) is 12.4 Å². The summed E-state index contributed by atoms with van der Waals surface area (Å²) in [5.41, 5.74) is 2.33. The molecule has 0 aliphatic rings. The Balaban J connectivity index is 1.59. The predicted octanol–water partition coefficient (Wildman–Crippen LogP) is 4.59. The minimum atomic E-state index is -0.279. The van der Waals surface area contributed by atoms with Crippen molar-refractivity contribution >= 4 is 11.6 Å². The van der Waals surface area contributed by atoms with Gasteiger partial charge in [0, 0.05) is 17.3 Å². The summed E-state index contributed by atoms with van der Waals surface area (Å²) in [5.74, 6) is 0.882. The minimum absolute atomic E-state index is 0.143. The van der Waals surface area contributed by atoms with Gasteiger partial charge in [-0.2, -0.15) is 0 Å². The van der Waals surface area contributed by atoms with E-state index in [2.05, 4.69) is 5.32 Å². The molecule has 0 spiro atoms. The van der Waals surface area contributed by atoms with Gasteiger partial charge in [0.2, 0.25) is 5.91 Å². The fourth-order valence-electron chi connectivity index (χ4n) is 2.64. The lowest BCUT2D eigenvalue weighted by atomic mass is 10.1. The van der Waals surface area contributed by atoms with Gasteiger partial charge in [-0.15, -0.1) is 0 Å². The largest absolute Gasteiger partial charge is 0.496 e. The fourth-order valence-corrected chi connectivity index (χ4v) is 2.64. The molecule has 0 unspecified atom stereocenters. The lowest BCUT2D eigenvalue weighted by Gasteiger charge is -2.11. The lowest BCUT2D eigenvalue weighted by molar-refractivity contribution is -0.115. The van der Waals surface area contributed by atoms with Crippen molar-refractivity contribution in [3.8, 4) is 11.5 Å². The number of carbonyl (C=O) groups excluding carboxylic acids is 1. The Morgan fingerprint density at radius 3 is 2.56 bits per heavy atom. The molecule has 0 saturated carbocycles. The van der Waals surface area contributed by atoms with E-state index < -0.39 is 0 Å². The molecule has 0 aliphatic carbocycles. The molecule has 3 aromatic rings. The van der Waals surface area contributed by atoms with Crippen molar-refractivity contribution < 1.29 is 18.7 Å². The van der Waals surface area contributed by atoms with Crippen molar-refractivity contribution in [2.24, 2.45) is 0 Å². The number of rotatable bonds is 7. The summed E-state index contributed by atoms with van der Waals surface area (Å²) in [6.45, 7) is 0.318. The van der Waals surface area contributed by atoms with E-state index in [0.717, 1.165) is 11.1 Å². The van der Waals surface area contributed by atoms with Crippen LogP contribution in [0.5, 0.6) is 11.5 Å². The molecule has 27 heavy (non-hydrogen) atoms. The van der Waals surface area contributed by atoms with Gasteiger partial charge >= 0.3 is 0 Å². The summed E-state index contributed by atoms with van der Waals surface area (Å²) >= 11 is 0. The molecule has 0 aliphatic heterocycles. The number of ether oxygens (including phenoxy) is 2. The van der Waals surface area contributed by atoms with E-state index in [1.54, 1.807) is 43.5 Å². The van der Waals surface area contributed by atoms with Crippen LogP contribution >= 0.6 is 0 Å². The quantitative estimate of drug-likeness (QED) is 0.666. The smallest absolute Gasteiger partial charge is 0.228 e. The first-order chi connectivity index (χ1) is 13.1. The van der Waals surface area contributed by atoms with Crippen LogP contribution in [0.4, 0.5) is 10.1 Å². The van der Waals surface area contributed by atoms with Gasteiger partial charge in [0.15, 0.2) is 0 Å². The Morgan fingerprint density at radius 2 is 1.78 bits per heavy atom. The maximum Gasteiger partial charge on any atom is 0.228 e. The van der Waals surface area contributed by atoms with E-state index in [0.29, 0.717) is 23.8 Å². The Labute approximate surface area is 157 Å². The number of anilines is 1. The van der Waals surface area contributed by atoms with Crippen LogP contribution in [0.15, 0.2) is 72.8 Å².